The van der Waals surface area contributed by atoms with Crippen molar-refractivity contribution in [2.75, 3.05) is 0 Å². The van der Waals surface area contributed by atoms with E-state index in [1.807, 2.05) is 25.2 Å². The fraction of sp³-hybridized carbons (Fsp3) is 0.455. The zero-order chi connectivity index (χ0) is 9.78. The van der Waals surface area contributed by atoms with E-state index in [9.17, 15) is 0 Å². The molecule has 0 aliphatic heterocycles. The molecule has 0 aromatic heterocycles. The highest BCUT2D eigenvalue weighted by Crippen LogP contribution is 2.25. The van der Waals surface area contributed by atoms with Gasteiger partial charge >= 0.3 is 0 Å². The Morgan fingerprint density at radius 3 is 2.00 bits per heavy atom. The van der Waals surface area contributed by atoms with Crippen LogP contribution in [-0.4, -0.2) is 0 Å². The maximum Gasteiger partial charge on any atom is 0.00489 e. The van der Waals surface area contributed by atoms with E-state index in [1.54, 1.807) is 0 Å². The molecule has 2 N–H and O–H groups in total. The molecule has 0 saturated heterocycles. The molecular formula is C11H19N. The summed E-state index contributed by atoms with van der Waals surface area (Å²) in [4.78, 5) is 0. The summed E-state index contributed by atoms with van der Waals surface area (Å²) in [5, 5.41) is 0. The molecule has 0 unspecified atom stereocenters. The Morgan fingerprint density at radius 2 is 1.75 bits per heavy atom. The molecule has 1 heteroatoms. The lowest BCUT2D eigenvalue weighted by Gasteiger charge is -2.19. The van der Waals surface area contributed by atoms with Crippen LogP contribution in [0.15, 0.2) is 36.1 Å². The average Bonchev–Trinajstić information content (AvgIpc) is 1.85. The maximum atomic E-state index is 5.52. The van der Waals surface area contributed by atoms with Crippen LogP contribution in [0.4, 0.5) is 0 Å². The van der Waals surface area contributed by atoms with Gasteiger partial charge in [0.2, 0.25) is 0 Å². The number of rotatable bonds is 2. The maximum absolute atomic E-state index is 5.52. The van der Waals surface area contributed by atoms with E-state index in [1.165, 1.54) is 5.57 Å². The third-order valence-electron chi connectivity index (χ3n) is 1.61. The lowest BCUT2D eigenvalue weighted by Crippen LogP contribution is -2.07. The van der Waals surface area contributed by atoms with Crippen LogP contribution >= 0.6 is 0 Å². The lowest BCUT2D eigenvalue weighted by atomic mass is 9.86. The Kier molecular flexibility index (Phi) is 3.81. The van der Waals surface area contributed by atoms with Gasteiger partial charge in [-0.2, -0.15) is 0 Å². The zero-order valence-electron chi connectivity index (χ0n) is 8.52. The van der Waals surface area contributed by atoms with Gasteiger partial charge in [0, 0.05) is 5.70 Å². The van der Waals surface area contributed by atoms with Gasteiger partial charge in [-0.3, -0.25) is 0 Å². The Morgan fingerprint density at radius 1 is 1.25 bits per heavy atom. The van der Waals surface area contributed by atoms with Crippen LogP contribution in [0.3, 0.4) is 0 Å². The molecule has 0 heterocycles. The van der Waals surface area contributed by atoms with Crippen molar-refractivity contribution < 1.29 is 0 Å². The van der Waals surface area contributed by atoms with Crippen molar-refractivity contribution in [1.82, 2.24) is 0 Å². The van der Waals surface area contributed by atoms with Crippen molar-refractivity contribution in [1.29, 1.82) is 0 Å². The molecule has 0 spiro atoms. The van der Waals surface area contributed by atoms with Crippen LogP contribution < -0.4 is 5.73 Å². The highest BCUT2D eigenvalue weighted by Gasteiger charge is 2.12. The van der Waals surface area contributed by atoms with E-state index in [0.29, 0.717) is 0 Å². The molecule has 0 aromatic carbocycles. The Balaban J connectivity index is 4.68. The van der Waals surface area contributed by atoms with Gasteiger partial charge in [-0.25, -0.2) is 0 Å². The van der Waals surface area contributed by atoms with Crippen molar-refractivity contribution in [2.45, 2.75) is 27.7 Å². The summed E-state index contributed by atoms with van der Waals surface area (Å²) in [5.41, 5.74) is 7.69. The minimum atomic E-state index is 0.147. The van der Waals surface area contributed by atoms with Gasteiger partial charge in [0.15, 0.2) is 0 Å². The first-order valence-corrected chi connectivity index (χ1v) is 4.15. The van der Waals surface area contributed by atoms with Crippen molar-refractivity contribution in [3.63, 3.8) is 0 Å². The van der Waals surface area contributed by atoms with Crippen LogP contribution in [0.25, 0.3) is 0 Å². The van der Waals surface area contributed by atoms with E-state index in [-0.39, 0.29) is 5.41 Å². The van der Waals surface area contributed by atoms with Crippen molar-refractivity contribution >= 4 is 0 Å². The number of nitrogens with two attached hydrogens (primary N) is 1. The van der Waals surface area contributed by atoms with Crippen LogP contribution in [0, 0.1) is 5.41 Å². The molecule has 0 saturated carbocycles. The van der Waals surface area contributed by atoms with Gasteiger partial charge in [0.25, 0.3) is 0 Å². The third kappa shape index (κ3) is 4.02. The van der Waals surface area contributed by atoms with Crippen LogP contribution in [0.5, 0.6) is 0 Å². The van der Waals surface area contributed by atoms with Gasteiger partial charge in [-0.15, -0.1) is 0 Å². The first-order valence-electron chi connectivity index (χ1n) is 4.15. The molecule has 1 nitrogen and oxygen atoms in total. The topological polar surface area (TPSA) is 26.0 Å². The minimum absolute atomic E-state index is 0.147. The van der Waals surface area contributed by atoms with E-state index < -0.39 is 0 Å². The summed E-state index contributed by atoms with van der Waals surface area (Å²) in [7, 11) is 0. The normalized spacial score (nSPS) is 14.7. The zero-order valence-corrected chi connectivity index (χ0v) is 8.52. The van der Waals surface area contributed by atoms with E-state index in [0.717, 1.165) is 5.70 Å². The molecule has 68 valence electrons. The molecule has 0 bridgehead atoms. The molecule has 0 fully saturated rings. The molecule has 0 amide bonds. The predicted octanol–water partition coefficient (Wildman–Crippen LogP) is 3.01. The molecule has 0 radical (unpaired) electrons. The Hall–Kier alpha value is -0.980. The fourth-order valence-electron chi connectivity index (χ4n) is 0.845. The second-order valence-electron chi connectivity index (χ2n) is 3.99. The monoisotopic (exact) mass is 165 g/mol. The first-order chi connectivity index (χ1) is 5.38. The van der Waals surface area contributed by atoms with Gasteiger partial charge in [0.05, 0.1) is 0 Å². The van der Waals surface area contributed by atoms with Gasteiger partial charge in [0.1, 0.15) is 0 Å². The second-order valence-corrected chi connectivity index (χ2v) is 3.99. The van der Waals surface area contributed by atoms with Crippen molar-refractivity contribution in [2.24, 2.45) is 11.1 Å². The highest BCUT2D eigenvalue weighted by molar-refractivity contribution is 5.28. The summed E-state index contributed by atoms with van der Waals surface area (Å²) >= 11 is 0. The van der Waals surface area contributed by atoms with Crippen LogP contribution in [0.2, 0.25) is 0 Å². The van der Waals surface area contributed by atoms with E-state index in [4.69, 9.17) is 5.73 Å². The summed E-state index contributed by atoms with van der Waals surface area (Å²) in [6, 6.07) is 0. The van der Waals surface area contributed by atoms with Crippen molar-refractivity contribution in [3.05, 3.63) is 36.1 Å². The number of allylic oxidation sites excluding steroid dienone is 5. The van der Waals surface area contributed by atoms with E-state index in [2.05, 4.69) is 27.4 Å². The van der Waals surface area contributed by atoms with Crippen LogP contribution in [0.1, 0.15) is 27.7 Å². The smallest absolute Gasteiger partial charge is 0.00489 e. The average molecular weight is 165 g/mol. The molecule has 12 heavy (non-hydrogen) atoms. The minimum Gasteiger partial charge on any atom is -0.402 e. The molecule has 0 atom stereocenters. The molecular weight excluding hydrogens is 146 g/mol. The van der Waals surface area contributed by atoms with Gasteiger partial charge < -0.3 is 5.73 Å². The van der Waals surface area contributed by atoms with Crippen LogP contribution in [-0.2, 0) is 0 Å². The van der Waals surface area contributed by atoms with Gasteiger partial charge in [-0.1, -0.05) is 39.5 Å². The van der Waals surface area contributed by atoms with E-state index >= 15 is 0 Å². The predicted molar refractivity (Wildman–Crippen MR) is 55.7 cm³/mol. The first kappa shape index (κ1) is 11.0. The summed E-state index contributed by atoms with van der Waals surface area (Å²) < 4.78 is 0. The summed E-state index contributed by atoms with van der Waals surface area (Å²) in [6.07, 6.45) is 5.80. The lowest BCUT2D eigenvalue weighted by molar-refractivity contribution is 0.517. The molecule has 0 aliphatic rings. The summed E-state index contributed by atoms with van der Waals surface area (Å²) in [5.74, 6) is 0. The Bertz CT molecular complexity index is 210. The fourth-order valence-corrected chi connectivity index (χ4v) is 0.845. The molecule has 0 aromatic rings. The third-order valence-corrected chi connectivity index (χ3v) is 1.61. The molecule has 0 aliphatic carbocycles. The summed E-state index contributed by atoms with van der Waals surface area (Å²) in [6.45, 7) is 12.1. The highest BCUT2D eigenvalue weighted by atomic mass is 14.5. The standard InChI is InChI=1S/C11H19N/c1-6-10(11(3,4)5)8-7-9(2)12/h6-8H,1,12H2,2-5H3/b9-7+,10-8+. The largest absolute Gasteiger partial charge is 0.402 e. The van der Waals surface area contributed by atoms with Crippen molar-refractivity contribution in [3.8, 4) is 0 Å². The number of hydrogen-bond donors (Lipinski definition) is 1. The number of hydrogen-bond acceptors (Lipinski definition) is 1. The van der Waals surface area contributed by atoms with Gasteiger partial charge in [-0.05, 0) is 24.0 Å². The second kappa shape index (κ2) is 4.15. The quantitative estimate of drug-likeness (QED) is 0.625. The Labute approximate surface area is 75.7 Å². The molecule has 0 rings (SSSR count). The SMILES string of the molecule is C=C/C(=C\C=C(/C)N)C(C)(C)C.